The first-order valence-electron chi connectivity index (χ1n) is 5.53. The molecule has 21 heavy (non-hydrogen) atoms. The lowest BCUT2D eigenvalue weighted by Crippen LogP contribution is -2.35. The van der Waals surface area contributed by atoms with Crippen LogP contribution in [0.15, 0.2) is 24.8 Å². The fourth-order valence-corrected chi connectivity index (χ4v) is 1.94. The fraction of sp³-hybridized carbons (Fsp3) is 0.167. The number of carboxylic acid groups (broad SMARTS) is 1. The Morgan fingerprint density at radius 3 is 2.52 bits per heavy atom. The zero-order chi connectivity index (χ0) is 16.2. The molecule has 0 saturated carbocycles. The molecule has 0 aliphatic carbocycles. The summed E-state index contributed by atoms with van der Waals surface area (Å²) in [6.45, 7) is 2.82. The monoisotopic (exact) mass is 332 g/mol. The molecule has 0 aliphatic rings. The highest BCUT2D eigenvalue weighted by molar-refractivity contribution is 6.43. The summed E-state index contributed by atoms with van der Waals surface area (Å²) in [5, 5.41) is 19.2. The van der Waals surface area contributed by atoms with Crippen molar-refractivity contribution in [2.24, 2.45) is 0 Å². The van der Waals surface area contributed by atoms with Gasteiger partial charge in [0, 0.05) is 18.2 Å². The number of hydrogen-bond donors (Lipinski definition) is 1. The highest BCUT2D eigenvalue weighted by atomic mass is 35.5. The number of carboxylic acids is 1. The smallest absolute Gasteiger partial charge is 0.323 e. The molecule has 0 spiro atoms. The largest absolute Gasteiger partial charge is 0.480 e. The average Bonchev–Trinajstić information content (AvgIpc) is 2.39. The Labute approximate surface area is 129 Å². The minimum Gasteiger partial charge on any atom is -0.480 e. The number of nitro groups is 1. The van der Waals surface area contributed by atoms with Crippen molar-refractivity contribution in [1.82, 2.24) is 4.90 Å². The second-order valence-electron chi connectivity index (χ2n) is 3.92. The predicted molar refractivity (Wildman–Crippen MR) is 76.9 cm³/mol. The molecule has 9 heteroatoms. The molecule has 0 unspecified atom stereocenters. The third-order valence-electron chi connectivity index (χ3n) is 2.42. The van der Waals surface area contributed by atoms with E-state index in [0.29, 0.717) is 0 Å². The van der Waals surface area contributed by atoms with E-state index in [-0.39, 0.29) is 22.2 Å². The van der Waals surface area contributed by atoms with Crippen LogP contribution in [0.4, 0.5) is 5.69 Å². The Balaban J connectivity index is 3.24. The lowest BCUT2D eigenvalue weighted by molar-refractivity contribution is -0.384. The maximum absolute atomic E-state index is 12.2. The number of carbonyl (C=O) groups excluding carboxylic acids is 1. The zero-order valence-corrected chi connectivity index (χ0v) is 12.1. The first-order valence-corrected chi connectivity index (χ1v) is 6.29. The molecule has 0 fully saturated rings. The molecule has 0 saturated heterocycles. The van der Waals surface area contributed by atoms with Gasteiger partial charge in [0.1, 0.15) is 11.6 Å². The van der Waals surface area contributed by atoms with Crippen molar-refractivity contribution < 1.29 is 19.6 Å². The topological polar surface area (TPSA) is 101 Å². The molecule has 0 atom stereocenters. The van der Waals surface area contributed by atoms with Crippen molar-refractivity contribution in [3.63, 3.8) is 0 Å². The van der Waals surface area contributed by atoms with E-state index in [2.05, 4.69) is 6.58 Å². The van der Waals surface area contributed by atoms with Gasteiger partial charge in [-0.2, -0.15) is 0 Å². The second kappa shape index (κ2) is 7.05. The van der Waals surface area contributed by atoms with Crippen LogP contribution in [-0.4, -0.2) is 39.9 Å². The quantitative estimate of drug-likeness (QED) is 0.490. The first kappa shape index (κ1) is 16.9. The number of rotatable bonds is 6. The summed E-state index contributed by atoms with van der Waals surface area (Å²) in [5.41, 5.74) is -0.652. The maximum Gasteiger partial charge on any atom is 0.323 e. The summed E-state index contributed by atoms with van der Waals surface area (Å²) in [5.74, 6) is -1.95. The summed E-state index contributed by atoms with van der Waals surface area (Å²) in [6.07, 6.45) is 1.34. The van der Waals surface area contributed by atoms with E-state index >= 15 is 0 Å². The SMILES string of the molecule is C=CCN(CC(=O)O)C(=O)c1cc(Cl)c(Cl)c([N+](=O)[O-])c1. The Hall–Kier alpha value is -2.12. The number of amides is 1. The van der Waals surface area contributed by atoms with E-state index in [1.165, 1.54) is 6.08 Å². The Bertz CT molecular complexity index is 618. The molecule has 0 radical (unpaired) electrons. The van der Waals surface area contributed by atoms with Crippen molar-refractivity contribution in [2.75, 3.05) is 13.1 Å². The van der Waals surface area contributed by atoms with Crippen LogP contribution in [0.5, 0.6) is 0 Å². The molecule has 1 amide bonds. The van der Waals surface area contributed by atoms with E-state index in [4.69, 9.17) is 28.3 Å². The molecule has 0 aliphatic heterocycles. The van der Waals surface area contributed by atoms with E-state index < -0.39 is 29.0 Å². The highest BCUT2D eigenvalue weighted by Gasteiger charge is 2.23. The summed E-state index contributed by atoms with van der Waals surface area (Å²) >= 11 is 11.4. The van der Waals surface area contributed by atoms with Crippen LogP contribution in [0.25, 0.3) is 0 Å². The maximum atomic E-state index is 12.2. The van der Waals surface area contributed by atoms with Gasteiger partial charge in [-0.3, -0.25) is 19.7 Å². The number of carbonyl (C=O) groups is 2. The van der Waals surface area contributed by atoms with Gasteiger partial charge in [0.15, 0.2) is 0 Å². The van der Waals surface area contributed by atoms with Gasteiger partial charge in [-0.15, -0.1) is 6.58 Å². The number of halogens is 2. The molecule has 0 bridgehead atoms. The van der Waals surface area contributed by atoms with Crippen molar-refractivity contribution in [3.05, 3.63) is 50.5 Å². The molecule has 112 valence electrons. The van der Waals surface area contributed by atoms with Gasteiger partial charge in [-0.25, -0.2) is 0 Å². The number of benzene rings is 1. The highest BCUT2D eigenvalue weighted by Crippen LogP contribution is 2.33. The molecule has 1 aromatic rings. The van der Waals surface area contributed by atoms with Crippen molar-refractivity contribution in [1.29, 1.82) is 0 Å². The Morgan fingerprint density at radius 1 is 1.43 bits per heavy atom. The normalized spacial score (nSPS) is 10.0. The van der Waals surface area contributed by atoms with Crippen molar-refractivity contribution >= 4 is 40.8 Å². The molecule has 0 aromatic heterocycles. The van der Waals surface area contributed by atoms with Crippen LogP contribution in [0.1, 0.15) is 10.4 Å². The zero-order valence-electron chi connectivity index (χ0n) is 10.6. The fourth-order valence-electron chi connectivity index (χ4n) is 1.55. The van der Waals surface area contributed by atoms with Crippen molar-refractivity contribution in [2.45, 2.75) is 0 Å². The number of aliphatic carboxylic acids is 1. The molecular formula is C12H10Cl2N2O5. The number of nitrogens with zero attached hydrogens (tertiary/aromatic N) is 2. The van der Waals surface area contributed by atoms with Gasteiger partial charge in [-0.05, 0) is 6.07 Å². The van der Waals surface area contributed by atoms with Crippen LogP contribution in [0, 0.1) is 10.1 Å². The van der Waals surface area contributed by atoms with Crippen molar-refractivity contribution in [3.8, 4) is 0 Å². The van der Waals surface area contributed by atoms with Crippen LogP contribution < -0.4 is 0 Å². The van der Waals surface area contributed by atoms with Crippen LogP contribution in [0.3, 0.4) is 0 Å². The summed E-state index contributed by atoms with van der Waals surface area (Å²) in [4.78, 5) is 34.0. The Morgan fingerprint density at radius 2 is 2.05 bits per heavy atom. The standard InChI is InChI=1S/C12H10Cl2N2O5/c1-2-3-15(6-10(17)18)12(19)7-4-8(13)11(14)9(5-7)16(20)21/h2,4-5H,1,3,6H2,(H,17,18). The minimum atomic E-state index is -1.22. The predicted octanol–water partition coefficient (Wildman–Crippen LogP) is 2.61. The van der Waals surface area contributed by atoms with E-state index in [0.717, 1.165) is 17.0 Å². The van der Waals surface area contributed by atoms with E-state index in [9.17, 15) is 19.7 Å². The van der Waals surface area contributed by atoms with Gasteiger partial charge in [-0.1, -0.05) is 29.3 Å². The second-order valence-corrected chi connectivity index (χ2v) is 4.70. The summed E-state index contributed by atoms with van der Waals surface area (Å²) < 4.78 is 0. The molecule has 0 heterocycles. The summed E-state index contributed by atoms with van der Waals surface area (Å²) in [7, 11) is 0. The van der Waals surface area contributed by atoms with E-state index in [1.807, 2.05) is 0 Å². The molecule has 1 N–H and O–H groups in total. The van der Waals surface area contributed by atoms with Gasteiger partial charge in [0.25, 0.3) is 11.6 Å². The number of hydrogen-bond acceptors (Lipinski definition) is 4. The van der Waals surface area contributed by atoms with Gasteiger partial charge in [0.2, 0.25) is 0 Å². The lowest BCUT2D eigenvalue weighted by Gasteiger charge is -2.19. The Kier molecular flexibility index (Phi) is 5.69. The third-order valence-corrected chi connectivity index (χ3v) is 3.21. The summed E-state index contributed by atoms with van der Waals surface area (Å²) in [6, 6.07) is 2.10. The van der Waals surface area contributed by atoms with Gasteiger partial charge in [0.05, 0.1) is 9.95 Å². The van der Waals surface area contributed by atoms with Gasteiger partial charge < -0.3 is 10.0 Å². The molecular weight excluding hydrogens is 323 g/mol. The molecule has 1 aromatic carbocycles. The van der Waals surface area contributed by atoms with Crippen LogP contribution >= 0.6 is 23.2 Å². The van der Waals surface area contributed by atoms with Crippen LogP contribution in [0.2, 0.25) is 10.0 Å². The van der Waals surface area contributed by atoms with E-state index in [1.54, 1.807) is 0 Å². The van der Waals surface area contributed by atoms with Gasteiger partial charge >= 0.3 is 5.97 Å². The molecule has 1 rings (SSSR count). The average molecular weight is 333 g/mol. The molecule has 7 nitrogen and oxygen atoms in total. The van der Waals surface area contributed by atoms with Crippen LogP contribution in [-0.2, 0) is 4.79 Å². The minimum absolute atomic E-state index is 0.0286. The number of nitro benzene ring substituents is 1. The first-order chi connectivity index (χ1) is 9.77. The third kappa shape index (κ3) is 4.17. The lowest BCUT2D eigenvalue weighted by atomic mass is 10.1.